The fourth-order valence-electron chi connectivity index (χ4n) is 2.33. The zero-order valence-corrected chi connectivity index (χ0v) is 16.3. The van der Waals surface area contributed by atoms with Gasteiger partial charge in [0.25, 0.3) is 15.9 Å². The molecule has 0 fully saturated rings. The Morgan fingerprint density at radius 3 is 2.37 bits per heavy atom. The third-order valence-corrected chi connectivity index (χ3v) is 6.55. The van der Waals surface area contributed by atoms with Gasteiger partial charge in [-0.2, -0.15) is 0 Å². The van der Waals surface area contributed by atoms with Crippen LogP contribution in [0.1, 0.15) is 34.5 Å². The lowest BCUT2D eigenvalue weighted by molar-refractivity contribution is 0.102. The van der Waals surface area contributed by atoms with Crippen molar-refractivity contribution in [2.24, 2.45) is 0 Å². The third-order valence-electron chi connectivity index (χ3n) is 3.80. The molecule has 1 amide bonds. The number of aromatic nitrogens is 2. The minimum absolute atomic E-state index is 0.118. The van der Waals surface area contributed by atoms with Crippen molar-refractivity contribution in [1.29, 1.82) is 0 Å². The summed E-state index contributed by atoms with van der Waals surface area (Å²) in [6.45, 7) is 3.71. The molecule has 0 aliphatic carbocycles. The Morgan fingerprint density at radius 2 is 1.70 bits per heavy atom. The highest BCUT2D eigenvalue weighted by molar-refractivity contribution is 7.91. The second kappa shape index (κ2) is 7.95. The first-order valence-electron chi connectivity index (χ1n) is 8.14. The predicted octanol–water partition coefficient (Wildman–Crippen LogP) is 3.14. The first kappa shape index (κ1) is 19.2. The largest absolute Gasteiger partial charge is 0.296 e. The van der Waals surface area contributed by atoms with Crippen molar-refractivity contribution in [3.05, 3.63) is 71.3 Å². The van der Waals surface area contributed by atoms with Gasteiger partial charge >= 0.3 is 0 Å². The first-order chi connectivity index (χ1) is 12.8. The summed E-state index contributed by atoms with van der Waals surface area (Å²) in [5.41, 5.74) is 2.38. The zero-order chi connectivity index (χ0) is 19.4. The molecule has 0 aliphatic heterocycles. The van der Waals surface area contributed by atoms with E-state index in [4.69, 9.17) is 0 Å². The SMILES string of the molecule is Cc1ccc(C(C)NS(=O)(=O)c2nnc(NC(=O)c3ccccc3)s2)cc1. The Balaban J connectivity index is 1.70. The standard InChI is InChI=1S/C18H18N4O3S2/c1-12-8-10-14(11-9-12)13(2)22-27(24,25)18-21-20-17(26-18)19-16(23)15-6-4-3-5-7-15/h3-11,13,22H,1-2H3,(H,19,20,23). The molecule has 3 rings (SSSR count). The highest BCUT2D eigenvalue weighted by Crippen LogP contribution is 2.23. The fraction of sp³-hybridized carbons (Fsp3) is 0.167. The molecule has 0 spiro atoms. The molecule has 1 unspecified atom stereocenters. The van der Waals surface area contributed by atoms with Crippen molar-refractivity contribution in [2.75, 3.05) is 5.32 Å². The van der Waals surface area contributed by atoms with Gasteiger partial charge in [-0.1, -0.05) is 59.4 Å². The third kappa shape index (κ3) is 4.76. The van der Waals surface area contributed by atoms with Gasteiger partial charge in [0.2, 0.25) is 9.47 Å². The lowest BCUT2D eigenvalue weighted by Gasteiger charge is -2.13. The van der Waals surface area contributed by atoms with Crippen LogP contribution in [0.4, 0.5) is 5.13 Å². The minimum atomic E-state index is -3.85. The maximum atomic E-state index is 12.5. The number of hydrogen-bond acceptors (Lipinski definition) is 6. The van der Waals surface area contributed by atoms with E-state index in [1.165, 1.54) is 0 Å². The van der Waals surface area contributed by atoms with Crippen molar-refractivity contribution >= 4 is 32.4 Å². The van der Waals surface area contributed by atoms with Gasteiger partial charge < -0.3 is 0 Å². The quantitative estimate of drug-likeness (QED) is 0.617. The Kier molecular flexibility index (Phi) is 5.64. The number of benzene rings is 2. The lowest BCUT2D eigenvalue weighted by atomic mass is 10.1. The molecule has 0 radical (unpaired) electrons. The van der Waals surface area contributed by atoms with Crippen molar-refractivity contribution < 1.29 is 13.2 Å². The normalized spacial score (nSPS) is 12.5. The van der Waals surface area contributed by atoms with Crippen LogP contribution >= 0.6 is 11.3 Å². The minimum Gasteiger partial charge on any atom is -0.296 e. The van der Waals surface area contributed by atoms with E-state index >= 15 is 0 Å². The maximum absolute atomic E-state index is 12.5. The Hall–Kier alpha value is -2.62. The van der Waals surface area contributed by atoms with E-state index in [-0.39, 0.29) is 15.4 Å². The highest BCUT2D eigenvalue weighted by atomic mass is 32.2. The Morgan fingerprint density at radius 1 is 1.04 bits per heavy atom. The Bertz CT molecular complexity index is 1030. The number of carbonyl (C=O) groups excluding carboxylic acids is 1. The molecule has 1 aromatic heterocycles. The molecule has 0 bridgehead atoms. The molecule has 27 heavy (non-hydrogen) atoms. The van der Waals surface area contributed by atoms with Gasteiger partial charge in [-0.15, -0.1) is 10.2 Å². The number of carbonyl (C=O) groups is 1. The number of nitrogens with one attached hydrogen (secondary N) is 2. The van der Waals surface area contributed by atoms with Crippen LogP contribution in [0, 0.1) is 6.92 Å². The summed E-state index contributed by atoms with van der Waals surface area (Å²) in [5.74, 6) is -0.378. The van der Waals surface area contributed by atoms with Crippen molar-refractivity contribution in [3.63, 3.8) is 0 Å². The molecule has 0 saturated carbocycles. The van der Waals surface area contributed by atoms with E-state index in [1.54, 1.807) is 37.3 Å². The molecule has 0 saturated heterocycles. The van der Waals surface area contributed by atoms with Crippen LogP contribution in [0.15, 0.2) is 58.9 Å². The number of anilines is 1. The number of rotatable bonds is 6. The summed E-state index contributed by atoms with van der Waals surface area (Å²) in [6, 6.07) is 15.7. The molecule has 140 valence electrons. The van der Waals surface area contributed by atoms with E-state index in [1.807, 2.05) is 31.2 Å². The average molecular weight is 403 g/mol. The molecule has 7 nitrogen and oxygen atoms in total. The summed E-state index contributed by atoms with van der Waals surface area (Å²) in [5, 5.41) is 10.1. The number of hydrogen-bond donors (Lipinski definition) is 2. The summed E-state index contributed by atoms with van der Waals surface area (Å²) < 4.78 is 27.4. The predicted molar refractivity (Wildman–Crippen MR) is 104 cm³/mol. The van der Waals surface area contributed by atoms with Gasteiger partial charge in [0, 0.05) is 11.6 Å². The van der Waals surface area contributed by atoms with E-state index < -0.39 is 16.1 Å². The van der Waals surface area contributed by atoms with Crippen LogP contribution in [0.25, 0.3) is 0 Å². The molecular formula is C18H18N4O3S2. The van der Waals surface area contributed by atoms with Crippen molar-refractivity contribution in [2.45, 2.75) is 24.2 Å². The van der Waals surface area contributed by atoms with Gasteiger partial charge in [0.1, 0.15) is 0 Å². The highest BCUT2D eigenvalue weighted by Gasteiger charge is 2.23. The van der Waals surface area contributed by atoms with Crippen molar-refractivity contribution in [1.82, 2.24) is 14.9 Å². The van der Waals surface area contributed by atoms with E-state index in [0.717, 1.165) is 22.5 Å². The molecule has 2 aromatic carbocycles. The molecule has 1 heterocycles. The van der Waals surface area contributed by atoms with E-state index in [2.05, 4.69) is 20.2 Å². The smallest absolute Gasteiger partial charge is 0.270 e. The van der Waals surface area contributed by atoms with Crippen LogP contribution in [0.2, 0.25) is 0 Å². The summed E-state index contributed by atoms with van der Waals surface area (Å²) >= 11 is 0.798. The summed E-state index contributed by atoms with van der Waals surface area (Å²) in [6.07, 6.45) is 0. The second-order valence-corrected chi connectivity index (χ2v) is 8.81. The van der Waals surface area contributed by atoms with Crippen LogP contribution in [0.3, 0.4) is 0 Å². The Labute approximate surface area is 161 Å². The first-order valence-corrected chi connectivity index (χ1v) is 10.4. The molecule has 9 heteroatoms. The summed E-state index contributed by atoms with van der Waals surface area (Å²) in [4.78, 5) is 12.1. The monoisotopic (exact) mass is 402 g/mol. The van der Waals surface area contributed by atoms with Gasteiger partial charge in [0.05, 0.1) is 0 Å². The van der Waals surface area contributed by atoms with Gasteiger partial charge in [-0.3, -0.25) is 10.1 Å². The van der Waals surface area contributed by atoms with Crippen LogP contribution in [-0.4, -0.2) is 24.5 Å². The van der Waals surface area contributed by atoms with Crippen LogP contribution < -0.4 is 10.0 Å². The van der Waals surface area contributed by atoms with Gasteiger partial charge in [0.15, 0.2) is 0 Å². The molecule has 0 aliphatic rings. The van der Waals surface area contributed by atoms with Crippen LogP contribution in [0.5, 0.6) is 0 Å². The number of sulfonamides is 1. The van der Waals surface area contributed by atoms with E-state index in [0.29, 0.717) is 5.56 Å². The number of nitrogens with zero attached hydrogens (tertiary/aromatic N) is 2. The maximum Gasteiger partial charge on any atom is 0.270 e. The average Bonchev–Trinajstić information content (AvgIpc) is 3.12. The fourth-order valence-corrected chi connectivity index (χ4v) is 4.48. The number of amides is 1. The molecule has 2 N–H and O–H groups in total. The second-order valence-electron chi connectivity index (χ2n) is 5.95. The number of aryl methyl sites for hydroxylation is 1. The van der Waals surface area contributed by atoms with Crippen LogP contribution in [-0.2, 0) is 10.0 Å². The molecular weight excluding hydrogens is 384 g/mol. The van der Waals surface area contributed by atoms with Gasteiger partial charge in [-0.25, -0.2) is 13.1 Å². The van der Waals surface area contributed by atoms with Crippen molar-refractivity contribution in [3.8, 4) is 0 Å². The topological polar surface area (TPSA) is 101 Å². The summed E-state index contributed by atoms with van der Waals surface area (Å²) in [7, 11) is -3.85. The zero-order valence-electron chi connectivity index (χ0n) is 14.7. The molecule has 3 aromatic rings. The van der Waals surface area contributed by atoms with E-state index in [9.17, 15) is 13.2 Å². The lowest BCUT2D eigenvalue weighted by Crippen LogP contribution is -2.26. The molecule has 1 atom stereocenters. The van der Waals surface area contributed by atoms with Gasteiger partial charge in [-0.05, 0) is 31.5 Å².